The number of fused-ring (bicyclic) bond motifs is 1. The van der Waals surface area contributed by atoms with E-state index in [4.69, 9.17) is 14.2 Å². The van der Waals surface area contributed by atoms with Crippen molar-refractivity contribution in [2.45, 2.75) is 38.1 Å². The smallest absolute Gasteiger partial charge is 0.338 e. The van der Waals surface area contributed by atoms with Gasteiger partial charge in [0.05, 0.1) is 5.56 Å². The summed E-state index contributed by atoms with van der Waals surface area (Å²) in [6.07, 6.45) is 5.16. The number of carbonyl (C=O) groups excluding carboxylic acids is 3. The summed E-state index contributed by atoms with van der Waals surface area (Å²) in [5, 5.41) is 4.93. The highest BCUT2D eigenvalue weighted by molar-refractivity contribution is 5.97. The molecule has 0 radical (unpaired) electrons. The molecule has 1 fully saturated rings. The number of ether oxygens (including phenoxy) is 3. The molecule has 140 valence electrons. The molecular weight excluding hydrogens is 340 g/mol. The minimum Gasteiger partial charge on any atom is -0.486 e. The Bertz CT molecular complexity index is 684. The third-order valence-corrected chi connectivity index (χ3v) is 4.31. The first-order valence-electron chi connectivity index (χ1n) is 8.79. The molecule has 3 amide bonds. The van der Waals surface area contributed by atoms with Crippen LogP contribution in [-0.2, 0) is 9.53 Å². The van der Waals surface area contributed by atoms with Gasteiger partial charge in [0.25, 0.3) is 5.91 Å². The van der Waals surface area contributed by atoms with Gasteiger partial charge in [0.1, 0.15) is 13.2 Å². The highest BCUT2D eigenvalue weighted by Crippen LogP contribution is 2.30. The number of imide groups is 1. The van der Waals surface area contributed by atoms with Crippen LogP contribution in [0.2, 0.25) is 0 Å². The average Bonchev–Trinajstić information content (AvgIpc) is 2.66. The van der Waals surface area contributed by atoms with E-state index in [0.29, 0.717) is 24.7 Å². The van der Waals surface area contributed by atoms with Crippen LogP contribution in [-0.4, -0.2) is 43.8 Å². The topological polar surface area (TPSA) is 103 Å². The van der Waals surface area contributed by atoms with Gasteiger partial charge in [0.2, 0.25) is 0 Å². The molecule has 1 aromatic carbocycles. The quantitative estimate of drug-likeness (QED) is 0.792. The van der Waals surface area contributed by atoms with Crippen molar-refractivity contribution in [2.75, 3.05) is 19.8 Å². The zero-order valence-electron chi connectivity index (χ0n) is 14.4. The standard InChI is InChI=1S/C18H22N2O6/c21-16(20-18(23)19-13-4-2-1-3-5-13)11-26-17(22)12-6-7-14-15(10-12)25-9-8-24-14/h6-7,10,13H,1-5,8-9,11H2,(H2,19,20,21,23). The van der Waals surface area contributed by atoms with Crippen LogP contribution in [0.15, 0.2) is 18.2 Å². The van der Waals surface area contributed by atoms with Gasteiger partial charge in [-0.3, -0.25) is 10.1 Å². The maximum atomic E-state index is 12.0. The summed E-state index contributed by atoms with van der Waals surface area (Å²) in [6, 6.07) is 4.19. The van der Waals surface area contributed by atoms with Gasteiger partial charge in [-0.05, 0) is 31.0 Å². The van der Waals surface area contributed by atoms with Gasteiger partial charge in [-0.2, -0.15) is 0 Å². The lowest BCUT2D eigenvalue weighted by molar-refractivity contribution is -0.123. The molecule has 3 rings (SSSR count). The third kappa shape index (κ3) is 4.87. The van der Waals surface area contributed by atoms with E-state index in [-0.39, 0.29) is 11.6 Å². The third-order valence-electron chi connectivity index (χ3n) is 4.31. The van der Waals surface area contributed by atoms with E-state index < -0.39 is 24.5 Å². The fourth-order valence-corrected chi connectivity index (χ4v) is 3.02. The summed E-state index contributed by atoms with van der Waals surface area (Å²) < 4.78 is 15.7. The van der Waals surface area contributed by atoms with Crippen molar-refractivity contribution in [1.82, 2.24) is 10.6 Å². The molecule has 1 aromatic rings. The first-order valence-corrected chi connectivity index (χ1v) is 8.79. The molecule has 0 spiro atoms. The number of hydrogen-bond donors (Lipinski definition) is 2. The van der Waals surface area contributed by atoms with Gasteiger partial charge in [-0.15, -0.1) is 0 Å². The number of carbonyl (C=O) groups is 3. The second-order valence-electron chi connectivity index (χ2n) is 6.29. The van der Waals surface area contributed by atoms with E-state index in [0.717, 1.165) is 25.7 Å². The number of esters is 1. The Morgan fingerprint density at radius 1 is 1.04 bits per heavy atom. The Hall–Kier alpha value is -2.77. The predicted octanol–water partition coefficient (Wildman–Crippen LogP) is 1.77. The Morgan fingerprint density at radius 3 is 2.54 bits per heavy atom. The summed E-state index contributed by atoms with van der Waals surface area (Å²) in [4.78, 5) is 35.6. The second-order valence-corrected chi connectivity index (χ2v) is 6.29. The van der Waals surface area contributed by atoms with Crippen LogP contribution in [0.5, 0.6) is 11.5 Å². The van der Waals surface area contributed by atoms with Gasteiger partial charge in [-0.25, -0.2) is 9.59 Å². The first kappa shape index (κ1) is 18.0. The molecule has 8 nitrogen and oxygen atoms in total. The van der Waals surface area contributed by atoms with Gasteiger partial charge in [0.15, 0.2) is 18.1 Å². The van der Waals surface area contributed by atoms with Crippen LogP contribution in [0.25, 0.3) is 0 Å². The lowest BCUT2D eigenvalue weighted by Gasteiger charge is -2.22. The van der Waals surface area contributed by atoms with E-state index in [1.807, 2.05) is 0 Å². The van der Waals surface area contributed by atoms with E-state index in [1.165, 1.54) is 18.6 Å². The van der Waals surface area contributed by atoms with Crippen LogP contribution >= 0.6 is 0 Å². The van der Waals surface area contributed by atoms with Gasteiger partial charge in [0, 0.05) is 6.04 Å². The molecule has 8 heteroatoms. The Morgan fingerprint density at radius 2 is 1.77 bits per heavy atom. The van der Waals surface area contributed by atoms with Crippen LogP contribution in [0.1, 0.15) is 42.5 Å². The van der Waals surface area contributed by atoms with Crippen LogP contribution in [0.4, 0.5) is 4.79 Å². The number of nitrogens with one attached hydrogen (secondary N) is 2. The van der Waals surface area contributed by atoms with Crippen molar-refractivity contribution in [3.63, 3.8) is 0 Å². The molecule has 0 bridgehead atoms. The molecule has 2 N–H and O–H groups in total. The number of benzene rings is 1. The Kier molecular flexibility index (Phi) is 5.93. The van der Waals surface area contributed by atoms with Crippen LogP contribution in [0.3, 0.4) is 0 Å². The molecule has 0 saturated heterocycles. The molecule has 0 aromatic heterocycles. The normalized spacial score (nSPS) is 16.5. The fraction of sp³-hybridized carbons (Fsp3) is 0.500. The number of urea groups is 1. The summed E-state index contributed by atoms with van der Waals surface area (Å²) >= 11 is 0. The number of rotatable bonds is 4. The highest BCUT2D eigenvalue weighted by atomic mass is 16.6. The van der Waals surface area contributed by atoms with Crippen molar-refractivity contribution in [3.8, 4) is 11.5 Å². The molecule has 0 unspecified atom stereocenters. The van der Waals surface area contributed by atoms with Crippen molar-refractivity contribution in [3.05, 3.63) is 23.8 Å². The second kappa shape index (κ2) is 8.55. The Labute approximate surface area is 151 Å². The van der Waals surface area contributed by atoms with E-state index in [9.17, 15) is 14.4 Å². The molecule has 1 aliphatic carbocycles. The Balaban J connectivity index is 1.43. The first-order chi connectivity index (χ1) is 12.6. The molecule has 1 aliphatic heterocycles. The maximum Gasteiger partial charge on any atom is 0.338 e. The lowest BCUT2D eigenvalue weighted by Crippen LogP contribution is -2.46. The predicted molar refractivity (Wildman–Crippen MR) is 91.3 cm³/mol. The molecule has 0 atom stereocenters. The maximum absolute atomic E-state index is 12.0. The van der Waals surface area contributed by atoms with Crippen molar-refractivity contribution >= 4 is 17.9 Å². The van der Waals surface area contributed by atoms with E-state index in [1.54, 1.807) is 6.07 Å². The number of amides is 3. The van der Waals surface area contributed by atoms with Gasteiger partial charge in [-0.1, -0.05) is 19.3 Å². The van der Waals surface area contributed by atoms with Crippen molar-refractivity contribution < 1.29 is 28.6 Å². The van der Waals surface area contributed by atoms with E-state index >= 15 is 0 Å². The highest BCUT2D eigenvalue weighted by Gasteiger charge is 2.19. The molecule has 1 saturated carbocycles. The minimum atomic E-state index is -0.677. The minimum absolute atomic E-state index is 0.0943. The zero-order valence-corrected chi connectivity index (χ0v) is 14.4. The summed E-state index contributed by atoms with van der Waals surface area (Å²) in [5.41, 5.74) is 0.244. The molecular formula is C18H22N2O6. The SMILES string of the molecule is O=C(COC(=O)c1ccc2c(c1)OCCO2)NC(=O)NC1CCCCC1. The lowest BCUT2D eigenvalue weighted by atomic mass is 9.96. The van der Waals surface area contributed by atoms with Gasteiger partial charge < -0.3 is 19.5 Å². The van der Waals surface area contributed by atoms with Crippen LogP contribution in [0, 0.1) is 0 Å². The van der Waals surface area contributed by atoms with Crippen molar-refractivity contribution in [1.29, 1.82) is 0 Å². The molecule has 26 heavy (non-hydrogen) atoms. The average molecular weight is 362 g/mol. The fourth-order valence-electron chi connectivity index (χ4n) is 3.02. The van der Waals surface area contributed by atoms with Crippen LogP contribution < -0.4 is 20.1 Å². The summed E-state index contributed by atoms with van der Waals surface area (Å²) in [7, 11) is 0. The molecule has 2 aliphatic rings. The molecule has 1 heterocycles. The summed E-state index contributed by atoms with van der Waals surface area (Å²) in [5.74, 6) is -0.332. The summed E-state index contributed by atoms with van der Waals surface area (Å²) in [6.45, 7) is 0.329. The van der Waals surface area contributed by atoms with E-state index in [2.05, 4.69) is 10.6 Å². The van der Waals surface area contributed by atoms with Crippen molar-refractivity contribution in [2.24, 2.45) is 0 Å². The largest absolute Gasteiger partial charge is 0.486 e. The van der Waals surface area contributed by atoms with Gasteiger partial charge >= 0.3 is 12.0 Å². The number of hydrogen-bond acceptors (Lipinski definition) is 6. The monoisotopic (exact) mass is 362 g/mol. The zero-order chi connectivity index (χ0) is 18.4.